The fourth-order valence-corrected chi connectivity index (χ4v) is 2.89. The molecule has 134 valence electrons. The molecule has 8 heteroatoms. The number of anilines is 1. The monoisotopic (exact) mass is 365 g/mol. The first-order valence-corrected chi connectivity index (χ1v) is 9.10. The van der Waals surface area contributed by atoms with Gasteiger partial charge < -0.3 is 19.5 Å². The molecule has 0 fully saturated rings. The van der Waals surface area contributed by atoms with Gasteiger partial charge in [0.15, 0.2) is 21.3 Å². The molecular formula is C17H19NO6S. The summed E-state index contributed by atoms with van der Waals surface area (Å²) in [5.74, 6) is 0.728. The Hall–Kier alpha value is -2.74. The summed E-state index contributed by atoms with van der Waals surface area (Å²) in [6.45, 7) is 0. The zero-order valence-corrected chi connectivity index (χ0v) is 15.1. The molecule has 1 N–H and O–H groups in total. The number of sulfone groups is 1. The van der Waals surface area contributed by atoms with E-state index in [2.05, 4.69) is 5.32 Å². The third-order valence-electron chi connectivity index (χ3n) is 3.45. The van der Waals surface area contributed by atoms with Gasteiger partial charge in [0.05, 0.1) is 26.2 Å². The molecule has 1 amide bonds. The van der Waals surface area contributed by atoms with Crippen LogP contribution >= 0.6 is 0 Å². The van der Waals surface area contributed by atoms with Crippen molar-refractivity contribution in [3.63, 3.8) is 0 Å². The van der Waals surface area contributed by atoms with Crippen molar-refractivity contribution in [2.75, 3.05) is 32.9 Å². The lowest BCUT2D eigenvalue weighted by Crippen LogP contribution is -2.13. The summed E-state index contributed by atoms with van der Waals surface area (Å²) >= 11 is 0. The standard InChI is InChI=1S/C17H19NO6S/c1-22-14-9-12(10-15(23-2)16(14)24-3)18-17(19)11-6-5-7-13(8-11)25(4,20)21/h5-10H,1-4H3,(H,18,19). The lowest BCUT2D eigenvalue weighted by Gasteiger charge is -2.14. The summed E-state index contributed by atoms with van der Waals surface area (Å²) < 4.78 is 38.9. The van der Waals surface area contributed by atoms with Gasteiger partial charge in [-0.2, -0.15) is 0 Å². The number of carbonyl (C=O) groups excluding carboxylic acids is 1. The van der Waals surface area contributed by atoms with Crippen LogP contribution in [0.1, 0.15) is 10.4 Å². The summed E-state index contributed by atoms with van der Waals surface area (Å²) in [6, 6.07) is 8.97. The molecule has 0 aliphatic rings. The second-order valence-electron chi connectivity index (χ2n) is 5.17. The Morgan fingerprint density at radius 1 is 0.960 bits per heavy atom. The summed E-state index contributed by atoms with van der Waals surface area (Å²) in [4.78, 5) is 12.5. The number of hydrogen-bond donors (Lipinski definition) is 1. The van der Waals surface area contributed by atoms with E-state index in [4.69, 9.17) is 14.2 Å². The Labute approximate surface area is 146 Å². The molecule has 2 rings (SSSR count). The van der Waals surface area contributed by atoms with Crippen LogP contribution in [0.25, 0.3) is 0 Å². The van der Waals surface area contributed by atoms with Crippen LogP contribution in [0.3, 0.4) is 0 Å². The lowest BCUT2D eigenvalue weighted by atomic mass is 10.2. The fraction of sp³-hybridized carbons (Fsp3) is 0.235. The van der Waals surface area contributed by atoms with E-state index in [1.807, 2.05) is 0 Å². The number of rotatable bonds is 6. The normalized spacial score (nSPS) is 10.9. The van der Waals surface area contributed by atoms with E-state index in [1.54, 1.807) is 12.1 Å². The number of hydrogen-bond acceptors (Lipinski definition) is 6. The molecule has 0 saturated heterocycles. The smallest absolute Gasteiger partial charge is 0.255 e. The van der Waals surface area contributed by atoms with Gasteiger partial charge in [-0.05, 0) is 18.2 Å². The highest BCUT2D eigenvalue weighted by molar-refractivity contribution is 7.90. The first-order chi connectivity index (χ1) is 11.8. The molecule has 25 heavy (non-hydrogen) atoms. The van der Waals surface area contributed by atoms with Gasteiger partial charge in [0.2, 0.25) is 5.75 Å². The van der Waals surface area contributed by atoms with E-state index in [0.29, 0.717) is 22.9 Å². The van der Waals surface area contributed by atoms with E-state index in [9.17, 15) is 13.2 Å². The van der Waals surface area contributed by atoms with Crippen molar-refractivity contribution < 1.29 is 27.4 Å². The van der Waals surface area contributed by atoms with Gasteiger partial charge >= 0.3 is 0 Å². The summed E-state index contributed by atoms with van der Waals surface area (Å²) in [7, 11) is 1.02. The van der Waals surface area contributed by atoms with Gasteiger partial charge in [0.1, 0.15) is 0 Å². The number of nitrogens with one attached hydrogen (secondary N) is 1. The molecule has 0 aliphatic heterocycles. The van der Waals surface area contributed by atoms with Gasteiger partial charge in [-0.25, -0.2) is 8.42 Å². The number of ether oxygens (including phenoxy) is 3. The Morgan fingerprint density at radius 2 is 1.56 bits per heavy atom. The molecular weight excluding hydrogens is 346 g/mol. The summed E-state index contributed by atoms with van der Waals surface area (Å²) in [5.41, 5.74) is 0.640. The fourth-order valence-electron chi connectivity index (χ4n) is 2.22. The third-order valence-corrected chi connectivity index (χ3v) is 4.56. The maximum atomic E-state index is 12.4. The lowest BCUT2D eigenvalue weighted by molar-refractivity contribution is 0.102. The zero-order valence-electron chi connectivity index (χ0n) is 14.3. The molecule has 0 radical (unpaired) electrons. The SMILES string of the molecule is COc1cc(NC(=O)c2cccc(S(C)(=O)=O)c2)cc(OC)c1OC. The molecule has 0 spiro atoms. The highest BCUT2D eigenvalue weighted by atomic mass is 32.2. The van der Waals surface area contributed by atoms with Crippen molar-refractivity contribution in [1.82, 2.24) is 0 Å². The first-order valence-electron chi connectivity index (χ1n) is 7.21. The van der Waals surface area contributed by atoms with Crippen molar-refractivity contribution in [3.8, 4) is 17.2 Å². The van der Waals surface area contributed by atoms with Gasteiger partial charge in [-0.15, -0.1) is 0 Å². The van der Waals surface area contributed by atoms with Crippen molar-refractivity contribution in [2.24, 2.45) is 0 Å². The van der Waals surface area contributed by atoms with E-state index < -0.39 is 15.7 Å². The quantitative estimate of drug-likeness (QED) is 0.845. The minimum Gasteiger partial charge on any atom is -0.493 e. The van der Waals surface area contributed by atoms with Crippen LogP contribution in [0.5, 0.6) is 17.2 Å². The van der Waals surface area contributed by atoms with Gasteiger partial charge in [0.25, 0.3) is 5.91 Å². The van der Waals surface area contributed by atoms with Crippen LogP contribution < -0.4 is 19.5 Å². The Kier molecular flexibility index (Phi) is 5.53. The van der Waals surface area contributed by atoms with E-state index in [1.165, 1.54) is 45.6 Å². The predicted octanol–water partition coefficient (Wildman–Crippen LogP) is 2.37. The first kappa shape index (κ1) is 18.6. The molecule has 0 saturated carbocycles. The summed E-state index contributed by atoms with van der Waals surface area (Å²) in [5, 5.41) is 2.69. The van der Waals surface area contributed by atoms with Crippen LogP contribution in [-0.2, 0) is 9.84 Å². The van der Waals surface area contributed by atoms with Crippen LogP contribution in [0.4, 0.5) is 5.69 Å². The second-order valence-corrected chi connectivity index (χ2v) is 7.18. The average Bonchev–Trinajstić information content (AvgIpc) is 2.60. The van der Waals surface area contributed by atoms with Gasteiger partial charge in [-0.1, -0.05) is 6.07 Å². The highest BCUT2D eigenvalue weighted by Crippen LogP contribution is 2.40. The van der Waals surface area contributed by atoms with Gasteiger partial charge in [-0.3, -0.25) is 4.79 Å². The van der Waals surface area contributed by atoms with Crippen LogP contribution in [0.2, 0.25) is 0 Å². The average molecular weight is 365 g/mol. The molecule has 0 aliphatic carbocycles. The third kappa shape index (κ3) is 4.21. The topological polar surface area (TPSA) is 90.9 Å². The molecule has 0 bridgehead atoms. The number of carbonyl (C=O) groups is 1. The molecule has 2 aromatic carbocycles. The zero-order chi connectivity index (χ0) is 18.6. The van der Waals surface area contributed by atoms with Gasteiger partial charge in [0, 0.05) is 29.6 Å². The Bertz CT molecular complexity index is 867. The Morgan fingerprint density at radius 3 is 2.04 bits per heavy atom. The second kappa shape index (κ2) is 7.43. The maximum absolute atomic E-state index is 12.4. The van der Waals surface area contributed by atoms with Crippen molar-refractivity contribution in [1.29, 1.82) is 0 Å². The molecule has 0 atom stereocenters. The van der Waals surface area contributed by atoms with Crippen LogP contribution in [0.15, 0.2) is 41.3 Å². The summed E-state index contributed by atoms with van der Waals surface area (Å²) in [6.07, 6.45) is 1.09. The molecule has 7 nitrogen and oxygen atoms in total. The largest absolute Gasteiger partial charge is 0.493 e. The number of methoxy groups -OCH3 is 3. The Balaban J connectivity index is 2.35. The minimum absolute atomic E-state index is 0.0741. The number of benzene rings is 2. The van der Waals surface area contributed by atoms with Crippen molar-refractivity contribution >= 4 is 21.4 Å². The van der Waals surface area contributed by atoms with Crippen molar-refractivity contribution in [2.45, 2.75) is 4.90 Å². The van der Waals surface area contributed by atoms with E-state index in [0.717, 1.165) is 6.26 Å². The molecule has 0 unspecified atom stereocenters. The maximum Gasteiger partial charge on any atom is 0.255 e. The minimum atomic E-state index is -3.40. The number of amides is 1. The molecule has 2 aromatic rings. The highest BCUT2D eigenvalue weighted by Gasteiger charge is 2.16. The van der Waals surface area contributed by atoms with E-state index in [-0.39, 0.29) is 10.5 Å². The van der Waals surface area contributed by atoms with Crippen LogP contribution in [-0.4, -0.2) is 41.9 Å². The molecule has 0 aromatic heterocycles. The molecule has 0 heterocycles. The van der Waals surface area contributed by atoms with Crippen LogP contribution in [0, 0.1) is 0 Å². The van der Waals surface area contributed by atoms with E-state index >= 15 is 0 Å². The van der Waals surface area contributed by atoms with Crippen molar-refractivity contribution in [3.05, 3.63) is 42.0 Å². The predicted molar refractivity (Wildman–Crippen MR) is 93.6 cm³/mol.